The minimum Gasteiger partial charge on any atom is -0.486 e. The van der Waals surface area contributed by atoms with Crippen LogP contribution in [0.2, 0.25) is 0 Å². The molecule has 27 heavy (non-hydrogen) atoms. The summed E-state index contributed by atoms with van der Waals surface area (Å²) in [5, 5.41) is 3.14. The molecule has 3 unspecified atom stereocenters. The Morgan fingerprint density at radius 1 is 1.19 bits per heavy atom. The summed E-state index contributed by atoms with van der Waals surface area (Å²) in [7, 11) is 0. The number of hydrogen-bond acceptors (Lipinski definition) is 5. The van der Waals surface area contributed by atoms with E-state index in [0.717, 1.165) is 21.3 Å². The Morgan fingerprint density at radius 3 is 2.63 bits per heavy atom. The van der Waals surface area contributed by atoms with Gasteiger partial charge < -0.3 is 14.8 Å². The average molecular weight is 432 g/mol. The Labute approximate surface area is 166 Å². The minimum absolute atomic E-state index is 0.00985. The molecule has 3 N–H and O–H groups in total. The summed E-state index contributed by atoms with van der Waals surface area (Å²) >= 11 is 3.59. The quantitative estimate of drug-likeness (QED) is 0.693. The van der Waals surface area contributed by atoms with Gasteiger partial charge in [0.25, 0.3) is 0 Å². The van der Waals surface area contributed by atoms with Crippen LogP contribution >= 0.6 is 15.9 Å². The number of benzene rings is 2. The van der Waals surface area contributed by atoms with Gasteiger partial charge >= 0.3 is 0 Å². The summed E-state index contributed by atoms with van der Waals surface area (Å²) in [5.41, 5.74) is 8.38. The number of carbonyl (C=O) groups excluding carboxylic acids is 1. The van der Waals surface area contributed by atoms with Gasteiger partial charge in [-0.1, -0.05) is 46.3 Å². The third-order valence-corrected chi connectivity index (χ3v) is 5.65. The second-order valence-corrected chi connectivity index (χ2v) is 7.62. The van der Waals surface area contributed by atoms with E-state index >= 15 is 0 Å². The fourth-order valence-corrected chi connectivity index (χ4v) is 4.19. The van der Waals surface area contributed by atoms with Gasteiger partial charge in [-0.3, -0.25) is 10.2 Å². The zero-order valence-corrected chi connectivity index (χ0v) is 16.6. The van der Waals surface area contributed by atoms with E-state index in [4.69, 9.17) is 9.47 Å². The summed E-state index contributed by atoms with van der Waals surface area (Å²) < 4.78 is 12.2. The number of hydrogen-bond donors (Lipinski definition) is 3. The summed E-state index contributed by atoms with van der Waals surface area (Å²) in [4.78, 5) is 13.0. The number of fused-ring (bicyclic) bond motifs is 1. The molecule has 4 rings (SSSR count). The van der Waals surface area contributed by atoms with E-state index in [0.29, 0.717) is 25.5 Å². The highest BCUT2D eigenvalue weighted by Gasteiger charge is 2.34. The van der Waals surface area contributed by atoms with Gasteiger partial charge in [0.05, 0.1) is 18.0 Å². The van der Waals surface area contributed by atoms with E-state index < -0.39 is 0 Å². The minimum atomic E-state index is -0.189. The molecule has 2 aliphatic heterocycles. The lowest BCUT2D eigenvalue weighted by molar-refractivity contribution is -0.125. The first-order chi connectivity index (χ1) is 13.1. The van der Waals surface area contributed by atoms with Crippen molar-refractivity contribution in [2.45, 2.75) is 19.0 Å². The molecule has 2 aromatic rings. The van der Waals surface area contributed by atoms with Gasteiger partial charge in [0.15, 0.2) is 11.5 Å². The van der Waals surface area contributed by atoms with Crippen LogP contribution < -0.4 is 25.6 Å². The molecule has 1 fully saturated rings. The van der Waals surface area contributed by atoms with Crippen LogP contribution in [0.15, 0.2) is 46.9 Å². The third kappa shape index (κ3) is 3.81. The van der Waals surface area contributed by atoms with E-state index in [2.05, 4.69) is 32.1 Å². The van der Waals surface area contributed by atoms with Gasteiger partial charge in [-0.2, -0.15) is 0 Å². The van der Waals surface area contributed by atoms with Crippen molar-refractivity contribution < 1.29 is 14.3 Å². The predicted octanol–water partition coefficient (Wildman–Crippen LogP) is 2.86. The summed E-state index contributed by atoms with van der Waals surface area (Å²) in [5.74, 6) is 1.26. The van der Waals surface area contributed by atoms with Crippen molar-refractivity contribution in [3.8, 4) is 11.5 Å². The van der Waals surface area contributed by atoms with Crippen molar-refractivity contribution in [3.05, 3.63) is 58.1 Å². The molecular weight excluding hydrogens is 410 g/mol. The molecule has 2 aliphatic rings. The molecule has 0 saturated carbocycles. The van der Waals surface area contributed by atoms with E-state index in [9.17, 15) is 4.79 Å². The van der Waals surface area contributed by atoms with Crippen LogP contribution in [-0.4, -0.2) is 25.7 Å². The molecule has 1 amide bonds. The fourth-order valence-electron chi connectivity index (χ4n) is 3.53. The van der Waals surface area contributed by atoms with Gasteiger partial charge in [-0.05, 0) is 30.2 Å². The molecule has 0 aliphatic carbocycles. The van der Waals surface area contributed by atoms with Crippen LogP contribution in [0, 0.1) is 5.92 Å². The molecule has 6 nitrogen and oxygen atoms in total. The standard InChI is InChI=1S/C20H22BrN3O3/c1-12(14-9-17-18(10-16(14)21)27-8-7-26-17)23-20(25)15-11-22-24-19(15)13-5-3-2-4-6-13/h2-6,9-10,12,15,19,22,24H,7-8,11H2,1H3,(H,23,25). The lowest BCUT2D eigenvalue weighted by Gasteiger charge is -2.24. The van der Waals surface area contributed by atoms with Crippen LogP contribution in [0.1, 0.15) is 30.1 Å². The highest BCUT2D eigenvalue weighted by Crippen LogP contribution is 2.38. The van der Waals surface area contributed by atoms with Crippen LogP contribution in [0.3, 0.4) is 0 Å². The maximum atomic E-state index is 13.0. The van der Waals surface area contributed by atoms with Crippen molar-refractivity contribution in [1.82, 2.24) is 16.2 Å². The van der Waals surface area contributed by atoms with Crippen LogP contribution in [-0.2, 0) is 4.79 Å². The van der Waals surface area contributed by atoms with Crippen molar-refractivity contribution >= 4 is 21.8 Å². The molecule has 0 bridgehead atoms. The first-order valence-corrected chi connectivity index (χ1v) is 9.85. The zero-order chi connectivity index (χ0) is 18.8. The van der Waals surface area contributed by atoms with Gasteiger partial charge in [0.1, 0.15) is 13.2 Å². The van der Waals surface area contributed by atoms with Gasteiger partial charge in [0, 0.05) is 11.0 Å². The first-order valence-electron chi connectivity index (χ1n) is 9.06. The van der Waals surface area contributed by atoms with Crippen molar-refractivity contribution in [2.75, 3.05) is 19.8 Å². The Bertz CT molecular complexity index is 831. The maximum Gasteiger partial charge on any atom is 0.226 e. The summed E-state index contributed by atoms with van der Waals surface area (Å²) in [6.45, 7) is 3.64. The zero-order valence-electron chi connectivity index (χ0n) is 15.0. The number of halogens is 1. The van der Waals surface area contributed by atoms with Gasteiger partial charge in [0.2, 0.25) is 5.91 Å². The maximum absolute atomic E-state index is 13.0. The second kappa shape index (κ2) is 7.88. The Kier molecular flexibility index (Phi) is 5.33. The number of ether oxygens (including phenoxy) is 2. The normalized spacial score (nSPS) is 22.3. The molecule has 0 radical (unpaired) electrons. The molecule has 0 aromatic heterocycles. The largest absolute Gasteiger partial charge is 0.486 e. The molecule has 7 heteroatoms. The fraction of sp³-hybridized carbons (Fsp3) is 0.350. The van der Waals surface area contributed by atoms with E-state index in [1.54, 1.807) is 0 Å². The SMILES string of the molecule is CC(NC(=O)C1CNNC1c1ccccc1)c1cc2c(cc1Br)OCCO2. The highest BCUT2D eigenvalue weighted by atomic mass is 79.9. The number of hydrazine groups is 1. The number of rotatable bonds is 4. The Hall–Kier alpha value is -2.09. The second-order valence-electron chi connectivity index (χ2n) is 6.77. The van der Waals surface area contributed by atoms with Gasteiger partial charge in [-0.25, -0.2) is 5.43 Å². The van der Waals surface area contributed by atoms with Crippen molar-refractivity contribution in [3.63, 3.8) is 0 Å². The van der Waals surface area contributed by atoms with E-state index in [1.807, 2.05) is 49.4 Å². The monoisotopic (exact) mass is 431 g/mol. The predicted molar refractivity (Wildman–Crippen MR) is 106 cm³/mol. The van der Waals surface area contributed by atoms with Crippen molar-refractivity contribution in [2.24, 2.45) is 5.92 Å². The Morgan fingerprint density at radius 2 is 1.89 bits per heavy atom. The Balaban J connectivity index is 1.49. The van der Waals surface area contributed by atoms with Crippen LogP contribution in [0.25, 0.3) is 0 Å². The average Bonchev–Trinajstić information content (AvgIpc) is 3.18. The van der Waals surface area contributed by atoms with Gasteiger partial charge in [-0.15, -0.1) is 0 Å². The molecule has 0 spiro atoms. The molecule has 1 saturated heterocycles. The van der Waals surface area contributed by atoms with Crippen LogP contribution in [0.4, 0.5) is 0 Å². The molecule has 2 aromatic carbocycles. The summed E-state index contributed by atoms with van der Waals surface area (Å²) in [6.07, 6.45) is 0. The third-order valence-electron chi connectivity index (χ3n) is 4.96. The molecule has 2 heterocycles. The number of carbonyl (C=O) groups is 1. The van der Waals surface area contributed by atoms with Crippen LogP contribution in [0.5, 0.6) is 11.5 Å². The van der Waals surface area contributed by atoms with E-state index in [-0.39, 0.29) is 23.9 Å². The first kappa shape index (κ1) is 18.3. The lowest BCUT2D eigenvalue weighted by Crippen LogP contribution is -2.36. The topological polar surface area (TPSA) is 71.6 Å². The number of amides is 1. The van der Waals surface area contributed by atoms with E-state index in [1.165, 1.54) is 0 Å². The molecule has 3 atom stereocenters. The lowest BCUT2D eigenvalue weighted by atomic mass is 9.93. The molecule has 142 valence electrons. The molecular formula is C20H22BrN3O3. The van der Waals surface area contributed by atoms with Crippen molar-refractivity contribution in [1.29, 1.82) is 0 Å². The smallest absolute Gasteiger partial charge is 0.226 e. The highest BCUT2D eigenvalue weighted by molar-refractivity contribution is 9.10. The number of nitrogens with one attached hydrogen (secondary N) is 3. The summed E-state index contributed by atoms with van der Waals surface area (Å²) in [6, 6.07) is 13.6.